The molecule has 0 unspecified atom stereocenters. The van der Waals surface area contributed by atoms with Crippen LogP contribution >= 0.6 is 0 Å². The number of carbonyl (C=O) groups excluding carboxylic acids is 2. The molecule has 0 aromatic heterocycles. The molecule has 1 aromatic rings. The lowest BCUT2D eigenvalue weighted by molar-refractivity contribution is -0.657. The van der Waals surface area contributed by atoms with E-state index in [2.05, 4.69) is 5.32 Å². The molecule has 0 bridgehead atoms. The fourth-order valence-electron chi connectivity index (χ4n) is 2.38. The minimum Gasteiger partial charge on any atom is -0.508 e. The molecule has 1 aromatic carbocycles. The number of carbonyl (C=O) groups is 2. The Morgan fingerprint density at radius 2 is 2.10 bits per heavy atom. The topological polar surface area (TPSA) is 109 Å². The number of primary amides is 1. The van der Waals surface area contributed by atoms with Crippen LogP contribution in [0.2, 0.25) is 0 Å². The molecule has 1 aliphatic rings. The van der Waals surface area contributed by atoms with Crippen LogP contribution in [-0.4, -0.2) is 35.5 Å². The van der Waals surface area contributed by atoms with E-state index in [0.717, 1.165) is 24.9 Å². The number of rotatable bonds is 5. The number of phenolic OH excluding ortho intramolecular Hbond substituents is 1. The van der Waals surface area contributed by atoms with Crippen LogP contribution in [0.3, 0.4) is 0 Å². The van der Waals surface area contributed by atoms with Crippen LogP contribution in [0.1, 0.15) is 18.4 Å². The average Bonchev–Trinajstić information content (AvgIpc) is 2.94. The molecule has 0 aliphatic carbocycles. The Bertz CT molecular complexity index is 481. The van der Waals surface area contributed by atoms with Gasteiger partial charge in [0, 0.05) is 19.3 Å². The summed E-state index contributed by atoms with van der Waals surface area (Å²) in [4.78, 5) is 23.5. The van der Waals surface area contributed by atoms with Crippen molar-refractivity contribution in [2.24, 2.45) is 5.73 Å². The molecule has 2 atom stereocenters. The summed E-state index contributed by atoms with van der Waals surface area (Å²) in [7, 11) is 0. The van der Waals surface area contributed by atoms with Crippen LogP contribution in [0.5, 0.6) is 5.75 Å². The van der Waals surface area contributed by atoms with E-state index in [-0.39, 0.29) is 17.7 Å². The Kier molecular flexibility index (Phi) is 4.57. The minimum absolute atomic E-state index is 0.114. The zero-order chi connectivity index (χ0) is 14.5. The van der Waals surface area contributed by atoms with Gasteiger partial charge in [-0.05, 0) is 17.7 Å². The van der Waals surface area contributed by atoms with E-state index in [1.54, 1.807) is 24.3 Å². The number of nitrogens with one attached hydrogen (secondary N) is 1. The molecule has 108 valence electrons. The number of quaternary nitrogens is 1. The van der Waals surface area contributed by atoms with E-state index < -0.39 is 11.9 Å². The largest absolute Gasteiger partial charge is 0.508 e. The van der Waals surface area contributed by atoms with E-state index in [9.17, 15) is 14.7 Å². The van der Waals surface area contributed by atoms with Gasteiger partial charge in [-0.1, -0.05) is 12.1 Å². The fourth-order valence-corrected chi connectivity index (χ4v) is 2.38. The molecule has 6 N–H and O–H groups in total. The third-order valence-electron chi connectivity index (χ3n) is 3.54. The van der Waals surface area contributed by atoms with Gasteiger partial charge in [0.1, 0.15) is 11.8 Å². The van der Waals surface area contributed by atoms with Crippen LogP contribution in [0, 0.1) is 0 Å². The number of phenols is 1. The molecule has 6 nitrogen and oxygen atoms in total. The summed E-state index contributed by atoms with van der Waals surface area (Å²) in [6.45, 7) is 0.942. The lowest BCUT2D eigenvalue weighted by atomic mass is 10.0. The van der Waals surface area contributed by atoms with Gasteiger partial charge in [-0.3, -0.25) is 9.59 Å². The predicted octanol–water partition coefficient (Wildman–Crippen LogP) is -1.37. The van der Waals surface area contributed by atoms with Crippen LogP contribution in [0.4, 0.5) is 0 Å². The average molecular weight is 278 g/mol. The molecule has 1 fully saturated rings. The standard InChI is InChI=1S/C14H19N3O3/c15-13(19)12(8-9-3-5-10(18)6-4-9)17-14(20)11-2-1-7-16-11/h3-6,11-12,16,18H,1-2,7-8H2,(H2,15,19)(H,17,20)/p+1/t11-,12-/m0/s1. The highest BCUT2D eigenvalue weighted by Crippen LogP contribution is 2.11. The van der Waals surface area contributed by atoms with Gasteiger partial charge >= 0.3 is 0 Å². The minimum atomic E-state index is -0.721. The van der Waals surface area contributed by atoms with Crippen molar-refractivity contribution in [3.8, 4) is 5.75 Å². The Labute approximate surface area is 117 Å². The summed E-state index contributed by atoms with van der Waals surface area (Å²) in [6, 6.07) is 5.66. The summed E-state index contributed by atoms with van der Waals surface area (Å²) >= 11 is 0. The second-order valence-electron chi connectivity index (χ2n) is 5.11. The van der Waals surface area contributed by atoms with E-state index >= 15 is 0 Å². The Hall–Kier alpha value is -2.08. The summed E-state index contributed by atoms with van der Waals surface area (Å²) in [6.07, 6.45) is 2.17. The SMILES string of the molecule is NC(=O)[C@H](Cc1ccc(O)cc1)NC(=O)[C@@H]1CCC[NH2+]1. The third-order valence-corrected chi connectivity index (χ3v) is 3.54. The first-order valence-electron chi connectivity index (χ1n) is 6.77. The Morgan fingerprint density at radius 3 is 2.65 bits per heavy atom. The summed E-state index contributed by atoms with van der Waals surface area (Å²) in [5.74, 6) is -0.525. The van der Waals surface area contributed by atoms with E-state index in [1.807, 2.05) is 5.32 Å². The van der Waals surface area contributed by atoms with Gasteiger partial charge in [-0.25, -0.2) is 0 Å². The summed E-state index contributed by atoms with van der Waals surface area (Å²) in [5.41, 5.74) is 6.18. The molecule has 6 heteroatoms. The smallest absolute Gasteiger partial charge is 0.278 e. The number of nitrogens with two attached hydrogens (primary N) is 2. The van der Waals surface area contributed by atoms with Crippen LogP contribution in [0.15, 0.2) is 24.3 Å². The lowest BCUT2D eigenvalue weighted by Crippen LogP contribution is -2.89. The predicted molar refractivity (Wildman–Crippen MR) is 72.8 cm³/mol. The number of hydrogen-bond acceptors (Lipinski definition) is 3. The molecule has 0 spiro atoms. The molecule has 1 aliphatic heterocycles. The van der Waals surface area contributed by atoms with Crippen molar-refractivity contribution in [1.29, 1.82) is 0 Å². The van der Waals surface area contributed by atoms with Crippen molar-refractivity contribution in [3.63, 3.8) is 0 Å². The molecule has 0 saturated carbocycles. The van der Waals surface area contributed by atoms with Crippen molar-refractivity contribution in [2.75, 3.05) is 6.54 Å². The molecule has 2 amide bonds. The van der Waals surface area contributed by atoms with E-state index in [1.165, 1.54) is 0 Å². The number of amides is 2. The normalized spacial score (nSPS) is 19.5. The Balaban J connectivity index is 1.98. The maximum Gasteiger partial charge on any atom is 0.278 e. The summed E-state index contributed by atoms with van der Waals surface area (Å²) < 4.78 is 0. The monoisotopic (exact) mass is 278 g/mol. The second-order valence-corrected chi connectivity index (χ2v) is 5.11. The van der Waals surface area contributed by atoms with Gasteiger partial charge in [0.25, 0.3) is 5.91 Å². The maximum absolute atomic E-state index is 12.0. The van der Waals surface area contributed by atoms with Gasteiger partial charge in [-0.2, -0.15) is 0 Å². The number of benzene rings is 1. The van der Waals surface area contributed by atoms with Gasteiger partial charge in [0.2, 0.25) is 5.91 Å². The van der Waals surface area contributed by atoms with Crippen molar-refractivity contribution >= 4 is 11.8 Å². The highest BCUT2D eigenvalue weighted by Gasteiger charge is 2.29. The highest BCUT2D eigenvalue weighted by molar-refractivity contribution is 5.88. The van der Waals surface area contributed by atoms with E-state index in [4.69, 9.17) is 5.73 Å². The van der Waals surface area contributed by atoms with Crippen molar-refractivity contribution < 1.29 is 20.0 Å². The summed E-state index contributed by atoms with van der Waals surface area (Å²) in [5, 5.41) is 13.9. The van der Waals surface area contributed by atoms with Gasteiger partial charge in [0.15, 0.2) is 6.04 Å². The molecular weight excluding hydrogens is 258 g/mol. The van der Waals surface area contributed by atoms with Gasteiger partial charge in [0.05, 0.1) is 6.54 Å². The first-order valence-corrected chi connectivity index (χ1v) is 6.77. The zero-order valence-electron chi connectivity index (χ0n) is 11.2. The van der Waals surface area contributed by atoms with Crippen molar-refractivity contribution in [2.45, 2.75) is 31.3 Å². The molecular formula is C14H20N3O3+. The van der Waals surface area contributed by atoms with Crippen molar-refractivity contribution in [1.82, 2.24) is 5.32 Å². The maximum atomic E-state index is 12.0. The number of hydrogen-bond donors (Lipinski definition) is 4. The lowest BCUT2D eigenvalue weighted by Gasteiger charge is -2.17. The van der Waals surface area contributed by atoms with Crippen molar-refractivity contribution in [3.05, 3.63) is 29.8 Å². The van der Waals surface area contributed by atoms with Crippen LogP contribution in [0.25, 0.3) is 0 Å². The molecule has 1 saturated heterocycles. The second kappa shape index (κ2) is 6.38. The molecule has 1 heterocycles. The fraction of sp³-hybridized carbons (Fsp3) is 0.429. The van der Waals surface area contributed by atoms with Crippen LogP contribution < -0.4 is 16.4 Å². The van der Waals surface area contributed by atoms with Gasteiger partial charge < -0.3 is 21.5 Å². The quantitative estimate of drug-likeness (QED) is 0.533. The number of aromatic hydroxyl groups is 1. The molecule has 2 rings (SSSR count). The molecule has 20 heavy (non-hydrogen) atoms. The highest BCUT2D eigenvalue weighted by atomic mass is 16.3. The van der Waals surface area contributed by atoms with E-state index in [0.29, 0.717) is 6.42 Å². The first kappa shape index (κ1) is 14.3. The Morgan fingerprint density at radius 1 is 1.40 bits per heavy atom. The van der Waals surface area contributed by atoms with Crippen LogP contribution in [-0.2, 0) is 16.0 Å². The molecule has 0 radical (unpaired) electrons. The van der Waals surface area contributed by atoms with Gasteiger partial charge in [-0.15, -0.1) is 0 Å². The first-order chi connectivity index (χ1) is 9.56. The third kappa shape index (κ3) is 3.71. The zero-order valence-corrected chi connectivity index (χ0v) is 11.2.